The number of nitrogens with zero attached hydrogens (tertiary/aromatic N) is 2. The lowest BCUT2D eigenvalue weighted by Gasteiger charge is -1.92. The molecule has 2 rings (SSSR count). The molecule has 0 aromatic carbocycles. The molecular weight excluding hydrogens is 159 g/mol. The second kappa shape index (κ2) is 2.41. The van der Waals surface area contributed by atoms with Gasteiger partial charge in [0.2, 0.25) is 0 Å². The minimum Gasteiger partial charge on any atom is -0.298 e. The van der Waals surface area contributed by atoms with Crippen molar-refractivity contribution in [1.29, 1.82) is 0 Å². The summed E-state index contributed by atoms with van der Waals surface area (Å²) in [6, 6.07) is 3.03. The first-order valence-electron chi connectivity index (χ1n) is 3.39. The highest BCUT2D eigenvalue weighted by Crippen LogP contribution is 2.09. The van der Waals surface area contributed by atoms with Crippen LogP contribution in [0.4, 0.5) is 4.39 Å². The molecule has 2 aromatic heterocycles. The van der Waals surface area contributed by atoms with Crippen LogP contribution >= 0.6 is 0 Å². The van der Waals surface area contributed by atoms with Crippen LogP contribution in [0.3, 0.4) is 0 Å². The summed E-state index contributed by atoms with van der Waals surface area (Å²) < 4.78 is 14.2. The minimum atomic E-state index is -0.418. The maximum atomic E-state index is 12.9. The number of carbonyl (C=O) groups excluding carboxylic acids is 1. The summed E-state index contributed by atoms with van der Waals surface area (Å²) >= 11 is 0. The van der Waals surface area contributed by atoms with Gasteiger partial charge in [-0.15, -0.1) is 0 Å². The zero-order valence-electron chi connectivity index (χ0n) is 6.07. The minimum absolute atomic E-state index is 0.319. The number of pyridine rings is 1. The van der Waals surface area contributed by atoms with Crippen molar-refractivity contribution in [1.82, 2.24) is 9.61 Å². The normalized spacial score (nSPS) is 10.4. The zero-order valence-corrected chi connectivity index (χ0v) is 6.07. The van der Waals surface area contributed by atoms with Crippen LogP contribution in [0.1, 0.15) is 10.4 Å². The molecule has 3 nitrogen and oxygen atoms in total. The van der Waals surface area contributed by atoms with E-state index in [4.69, 9.17) is 0 Å². The van der Waals surface area contributed by atoms with E-state index < -0.39 is 5.82 Å². The number of fused-ring (bicyclic) bond motifs is 1. The van der Waals surface area contributed by atoms with E-state index in [0.717, 1.165) is 6.20 Å². The molecule has 0 unspecified atom stereocenters. The number of aldehydes is 1. The molecule has 0 fully saturated rings. The Morgan fingerprint density at radius 3 is 3.17 bits per heavy atom. The third kappa shape index (κ3) is 0.887. The highest BCUT2D eigenvalue weighted by molar-refractivity contribution is 5.77. The van der Waals surface area contributed by atoms with Crippen molar-refractivity contribution in [2.45, 2.75) is 0 Å². The number of halogens is 1. The summed E-state index contributed by atoms with van der Waals surface area (Å²) in [4.78, 5) is 10.3. The zero-order chi connectivity index (χ0) is 8.55. The van der Waals surface area contributed by atoms with Crippen LogP contribution in [0.25, 0.3) is 5.52 Å². The van der Waals surface area contributed by atoms with Crippen molar-refractivity contribution in [3.05, 3.63) is 35.9 Å². The van der Waals surface area contributed by atoms with Gasteiger partial charge in [-0.05, 0) is 12.1 Å². The van der Waals surface area contributed by atoms with Crippen LogP contribution in [0.5, 0.6) is 0 Å². The van der Waals surface area contributed by atoms with Crippen LogP contribution < -0.4 is 0 Å². The van der Waals surface area contributed by atoms with Gasteiger partial charge in [0.1, 0.15) is 11.8 Å². The summed E-state index contributed by atoms with van der Waals surface area (Å²) in [7, 11) is 0. The van der Waals surface area contributed by atoms with Gasteiger partial charge in [-0.25, -0.2) is 8.91 Å². The topological polar surface area (TPSA) is 34.4 Å². The summed E-state index contributed by atoms with van der Waals surface area (Å²) in [5.41, 5.74) is 0.765. The first kappa shape index (κ1) is 6.97. The molecule has 0 saturated carbocycles. The van der Waals surface area contributed by atoms with Crippen molar-refractivity contribution >= 4 is 11.8 Å². The Kier molecular flexibility index (Phi) is 1.40. The number of hydrogen-bond donors (Lipinski definition) is 0. The summed E-state index contributed by atoms with van der Waals surface area (Å²) in [6.45, 7) is 0. The maximum Gasteiger partial charge on any atom is 0.168 e. The van der Waals surface area contributed by atoms with Crippen LogP contribution in [-0.4, -0.2) is 15.9 Å². The first-order chi connectivity index (χ1) is 5.81. The number of aromatic nitrogens is 2. The molecule has 0 atom stereocenters. The van der Waals surface area contributed by atoms with Crippen LogP contribution in [-0.2, 0) is 0 Å². The van der Waals surface area contributed by atoms with Gasteiger partial charge in [0.05, 0.1) is 6.20 Å². The molecule has 60 valence electrons. The molecule has 0 N–H and O–H groups in total. The Bertz CT molecular complexity index is 436. The quantitative estimate of drug-likeness (QED) is 0.595. The molecule has 0 spiro atoms. The van der Waals surface area contributed by atoms with Gasteiger partial charge in [-0.3, -0.25) is 4.79 Å². The lowest BCUT2D eigenvalue weighted by Crippen LogP contribution is -1.88. The monoisotopic (exact) mass is 164 g/mol. The predicted octanol–water partition coefficient (Wildman–Crippen LogP) is 1.29. The van der Waals surface area contributed by atoms with Crippen molar-refractivity contribution in [3.63, 3.8) is 0 Å². The van der Waals surface area contributed by atoms with Gasteiger partial charge < -0.3 is 0 Å². The largest absolute Gasteiger partial charge is 0.298 e. The predicted molar refractivity (Wildman–Crippen MR) is 40.5 cm³/mol. The molecule has 12 heavy (non-hydrogen) atoms. The second-order valence-electron chi connectivity index (χ2n) is 2.40. The standard InChI is InChI=1S/C8H5FN2O/c9-7-4-10-11-2-1-6(5-12)3-8(7)11/h1-5H. The van der Waals surface area contributed by atoms with E-state index in [-0.39, 0.29) is 0 Å². The number of carbonyl (C=O) groups is 1. The molecule has 0 aliphatic rings. The van der Waals surface area contributed by atoms with E-state index in [9.17, 15) is 9.18 Å². The second-order valence-corrected chi connectivity index (χ2v) is 2.40. The summed E-state index contributed by atoms with van der Waals surface area (Å²) in [5.74, 6) is -0.418. The Balaban J connectivity index is 2.79. The fourth-order valence-corrected chi connectivity index (χ4v) is 1.04. The summed E-state index contributed by atoms with van der Waals surface area (Å²) in [6.07, 6.45) is 3.33. The van der Waals surface area contributed by atoms with Crippen molar-refractivity contribution < 1.29 is 9.18 Å². The first-order valence-corrected chi connectivity index (χ1v) is 3.39. The van der Waals surface area contributed by atoms with E-state index >= 15 is 0 Å². The summed E-state index contributed by atoms with van der Waals surface area (Å²) in [5, 5.41) is 3.72. The average Bonchev–Trinajstić information content (AvgIpc) is 2.47. The van der Waals surface area contributed by atoms with Crippen LogP contribution in [0.2, 0.25) is 0 Å². The fourth-order valence-electron chi connectivity index (χ4n) is 1.04. The van der Waals surface area contributed by atoms with Gasteiger partial charge in [0.25, 0.3) is 0 Å². The number of rotatable bonds is 1. The Morgan fingerprint density at radius 1 is 1.58 bits per heavy atom. The molecule has 2 heterocycles. The maximum absolute atomic E-state index is 12.9. The molecule has 0 amide bonds. The van der Waals surface area contributed by atoms with Gasteiger partial charge >= 0.3 is 0 Å². The molecule has 2 aromatic rings. The Labute approximate surface area is 67.4 Å². The Morgan fingerprint density at radius 2 is 2.42 bits per heavy atom. The smallest absolute Gasteiger partial charge is 0.168 e. The molecule has 0 saturated heterocycles. The van der Waals surface area contributed by atoms with E-state index in [1.165, 1.54) is 10.6 Å². The van der Waals surface area contributed by atoms with Gasteiger partial charge in [0.15, 0.2) is 5.82 Å². The van der Waals surface area contributed by atoms with E-state index in [1.807, 2.05) is 0 Å². The highest BCUT2D eigenvalue weighted by atomic mass is 19.1. The molecule has 0 aliphatic heterocycles. The molecule has 0 radical (unpaired) electrons. The lowest BCUT2D eigenvalue weighted by atomic mass is 10.3. The fraction of sp³-hybridized carbons (Fsp3) is 0. The van der Waals surface area contributed by atoms with Gasteiger partial charge in [-0.1, -0.05) is 0 Å². The molecule has 0 aliphatic carbocycles. The SMILES string of the molecule is O=Cc1ccn2ncc(F)c2c1. The van der Waals surface area contributed by atoms with Crippen LogP contribution in [0.15, 0.2) is 24.5 Å². The van der Waals surface area contributed by atoms with Crippen molar-refractivity contribution in [2.75, 3.05) is 0 Å². The third-order valence-corrected chi connectivity index (χ3v) is 1.63. The third-order valence-electron chi connectivity index (χ3n) is 1.63. The van der Waals surface area contributed by atoms with Crippen LogP contribution in [0, 0.1) is 5.82 Å². The van der Waals surface area contributed by atoms with Crippen molar-refractivity contribution in [2.24, 2.45) is 0 Å². The van der Waals surface area contributed by atoms with E-state index in [2.05, 4.69) is 5.10 Å². The molecule has 0 bridgehead atoms. The van der Waals surface area contributed by atoms with Crippen molar-refractivity contribution in [3.8, 4) is 0 Å². The average molecular weight is 164 g/mol. The molecule has 4 heteroatoms. The molecular formula is C8H5FN2O. The van der Waals surface area contributed by atoms with Gasteiger partial charge in [0, 0.05) is 11.8 Å². The number of hydrogen-bond acceptors (Lipinski definition) is 2. The van der Waals surface area contributed by atoms with Gasteiger partial charge in [-0.2, -0.15) is 5.10 Å². The highest BCUT2D eigenvalue weighted by Gasteiger charge is 2.02. The van der Waals surface area contributed by atoms with E-state index in [1.54, 1.807) is 12.3 Å². The Hall–Kier alpha value is -1.71. The van der Waals surface area contributed by atoms with E-state index in [0.29, 0.717) is 17.4 Å². The lowest BCUT2D eigenvalue weighted by molar-refractivity contribution is 0.112.